The highest BCUT2D eigenvalue weighted by atomic mass is 28.4. The van der Waals surface area contributed by atoms with E-state index in [1.165, 1.54) is 0 Å². The molecule has 0 rings (SSSR count). The van der Waals surface area contributed by atoms with E-state index in [4.69, 9.17) is 55.3 Å². The fraction of sp³-hybridized carbons (Fsp3) is 1.00. The quantitative estimate of drug-likeness (QED) is 0.0670. The van der Waals surface area contributed by atoms with Crippen molar-refractivity contribution < 1.29 is 55.3 Å². The zero-order valence-electron chi connectivity index (χ0n) is 34.2. The van der Waals surface area contributed by atoms with Gasteiger partial charge in [-0.2, -0.15) is 0 Å². The average Bonchev–Trinajstić information content (AvgIpc) is 3.08. The molecule has 0 heterocycles. The Morgan fingerprint density at radius 1 is 0.380 bits per heavy atom. The maximum atomic E-state index is 8.68. The molecule has 308 valence electrons. The molecule has 0 spiro atoms. The van der Waals surface area contributed by atoms with Crippen LogP contribution in [0.15, 0.2) is 0 Å². The third kappa shape index (κ3) is 31.7. The third-order valence-electron chi connectivity index (χ3n) is 7.64. The number of hydrogen-bond donors (Lipinski definition) is 6. The van der Waals surface area contributed by atoms with Crippen LogP contribution in [-0.4, -0.2) is 202 Å². The van der Waals surface area contributed by atoms with Gasteiger partial charge < -0.3 is 60.2 Å². The summed E-state index contributed by atoms with van der Waals surface area (Å²) in [5, 5.41) is 0. The van der Waals surface area contributed by atoms with Crippen LogP contribution in [0.3, 0.4) is 0 Å². The topological polar surface area (TPSA) is 190 Å². The first-order chi connectivity index (χ1) is 23.3. The van der Waals surface area contributed by atoms with Crippen LogP contribution in [0.4, 0.5) is 0 Å². The Balaban J connectivity index is -0.000000287. The van der Waals surface area contributed by atoms with E-state index in [-0.39, 0.29) is 12.2 Å². The van der Waals surface area contributed by atoms with E-state index in [9.17, 15) is 0 Å². The molecule has 0 aliphatic carbocycles. The van der Waals surface area contributed by atoms with Crippen LogP contribution in [0, 0.1) is 0 Å². The van der Waals surface area contributed by atoms with Gasteiger partial charge >= 0.3 is 35.2 Å². The molecule has 0 aromatic carbocycles. The second-order valence-electron chi connectivity index (χ2n) is 11.0. The summed E-state index contributed by atoms with van der Waals surface area (Å²) in [7, 11) is -7.58. The Hall–Kier alpha value is 0.228. The minimum Gasteiger partial charge on any atom is -0.390 e. The van der Waals surface area contributed by atoms with E-state index in [0.29, 0.717) is 26.4 Å². The highest BCUT2D eigenvalue weighted by Gasteiger charge is 2.42. The summed E-state index contributed by atoms with van der Waals surface area (Å²) in [6.45, 7) is 32.0. The molecule has 0 unspecified atom stereocenters. The lowest BCUT2D eigenvalue weighted by atomic mass is 10.5. The van der Waals surface area contributed by atoms with Crippen LogP contribution < -0.4 is 0 Å². The van der Waals surface area contributed by atoms with Crippen LogP contribution in [0.2, 0.25) is 6.04 Å². The first-order valence-corrected chi connectivity index (χ1v) is 26.1. The fourth-order valence-corrected chi connectivity index (χ4v) is 10.8. The molecule has 0 aliphatic rings. The molecule has 0 bridgehead atoms. The Bertz CT molecular complexity index is 687. The van der Waals surface area contributed by atoms with E-state index in [1.807, 2.05) is 53.4 Å². The number of hydrogen-bond acceptors (Lipinski definition) is 16. The minimum atomic E-state index is -3.84. The highest BCUT2D eigenvalue weighted by molar-refractivity contribution is 6.61. The lowest BCUT2D eigenvalue weighted by Gasteiger charge is -2.32. The van der Waals surface area contributed by atoms with Crippen molar-refractivity contribution in [3.05, 3.63) is 0 Å². The highest BCUT2D eigenvalue weighted by Crippen LogP contribution is 2.12. The van der Waals surface area contributed by atoms with Gasteiger partial charge in [0.05, 0.1) is 18.5 Å². The van der Waals surface area contributed by atoms with Crippen molar-refractivity contribution in [2.45, 2.75) is 82.2 Å². The monoisotopic (exact) mass is 800 g/mol. The van der Waals surface area contributed by atoms with Crippen molar-refractivity contribution in [1.29, 1.82) is 0 Å². The summed E-state index contributed by atoms with van der Waals surface area (Å²) in [6.07, 6.45) is 1.55. The number of nitrogens with zero attached hydrogens (tertiary/aromatic N) is 4. The second-order valence-corrected chi connectivity index (χ2v) is 20.4. The molecule has 0 aliphatic heterocycles. The van der Waals surface area contributed by atoms with Crippen molar-refractivity contribution in [3.63, 3.8) is 0 Å². The van der Waals surface area contributed by atoms with Gasteiger partial charge in [-0.25, -0.2) is 0 Å². The summed E-state index contributed by atoms with van der Waals surface area (Å²) >= 11 is 0. The summed E-state index contributed by atoms with van der Waals surface area (Å²) in [4.78, 5) is 60.4. The molecule has 16 nitrogen and oxygen atoms in total. The molecule has 0 saturated carbocycles. The van der Waals surface area contributed by atoms with E-state index in [0.717, 1.165) is 64.7 Å². The molecular formula is C30H80N4O12Si4. The van der Waals surface area contributed by atoms with Gasteiger partial charge in [0.25, 0.3) is 0 Å². The molecule has 0 fully saturated rings. The maximum absolute atomic E-state index is 8.68. The predicted octanol–water partition coefficient (Wildman–Crippen LogP) is 0.689. The predicted molar refractivity (Wildman–Crippen MR) is 208 cm³/mol. The molecule has 6 N–H and O–H groups in total. The molecule has 50 heavy (non-hydrogen) atoms. The molecule has 20 heteroatoms. The van der Waals surface area contributed by atoms with Gasteiger partial charge in [-0.3, -0.25) is 14.7 Å². The maximum Gasteiger partial charge on any atom is 0.515 e. The average molecular weight is 801 g/mol. The number of rotatable bonds is 26. The Labute approximate surface area is 310 Å². The summed E-state index contributed by atoms with van der Waals surface area (Å²) in [5.41, 5.74) is 0. The van der Waals surface area contributed by atoms with Gasteiger partial charge in [-0.15, -0.1) is 0 Å². The lowest BCUT2D eigenvalue weighted by Crippen LogP contribution is -2.55. The van der Waals surface area contributed by atoms with Gasteiger partial charge in [0.2, 0.25) is 0 Å². The second kappa shape index (κ2) is 33.8. The van der Waals surface area contributed by atoms with Crippen LogP contribution in [0.25, 0.3) is 0 Å². The zero-order chi connectivity index (χ0) is 39.9. The van der Waals surface area contributed by atoms with Gasteiger partial charge in [0, 0.05) is 53.7 Å². The first kappa shape index (κ1) is 57.0. The first-order valence-electron chi connectivity index (χ1n) is 18.1. The van der Waals surface area contributed by atoms with Gasteiger partial charge in [0.15, 0.2) is 0 Å². The standard InChI is InChI=1S/C11H27NO3Si.C8H21NO3Si.C6H17NO3Si.C5H15NO3Si/c1-6-12(7-2)11-16(13-8-3,14-9-4)15-10-5;1-6-9(7-2)8-13(10-3,11-4)12-5;1-3-7(4-2)5-6-11(8,9)10;1-3-6(4-2)5-10(7,8)9/h6-11H2,1-5H3;6-8H2,1-5H3;8-10H,3-6H2,1-2H3;7-9H,3-5H2,1-2H3. The van der Waals surface area contributed by atoms with E-state index < -0.39 is 35.2 Å². The lowest BCUT2D eigenvalue weighted by molar-refractivity contribution is 0.0578. The minimum absolute atomic E-state index is 0.0139. The van der Waals surface area contributed by atoms with E-state index in [1.54, 1.807) is 26.2 Å². The van der Waals surface area contributed by atoms with Crippen LogP contribution in [-0.2, 0) is 26.6 Å². The van der Waals surface area contributed by atoms with Crippen LogP contribution in [0.1, 0.15) is 76.2 Å². The summed E-state index contributed by atoms with van der Waals surface area (Å²) in [6, 6.07) is 0.106. The Morgan fingerprint density at radius 2 is 0.660 bits per heavy atom. The van der Waals surface area contributed by atoms with Crippen molar-refractivity contribution in [3.8, 4) is 0 Å². The summed E-state index contributed by atoms with van der Waals surface area (Å²) < 4.78 is 33.4. The third-order valence-corrected chi connectivity index (χ3v) is 15.1. The molecule has 0 atom stereocenters. The molecule has 0 aromatic rings. The van der Waals surface area contributed by atoms with Gasteiger partial charge in [0.1, 0.15) is 0 Å². The Morgan fingerprint density at radius 3 is 0.860 bits per heavy atom. The van der Waals surface area contributed by atoms with Crippen molar-refractivity contribution in [2.24, 2.45) is 0 Å². The molecule has 0 saturated heterocycles. The van der Waals surface area contributed by atoms with Crippen LogP contribution in [0.5, 0.6) is 0 Å². The molecule has 0 radical (unpaired) electrons. The van der Waals surface area contributed by atoms with Crippen molar-refractivity contribution in [2.75, 3.05) is 119 Å². The van der Waals surface area contributed by atoms with Crippen molar-refractivity contribution in [1.82, 2.24) is 19.6 Å². The smallest absolute Gasteiger partial charge is 0.390 e. The van der Waals surface area contributed by atoms with E-state index >= 15 is 0 Å². The largest absolute Gasteiger partial charge is 0.515 e. The summed E-state index contributed by atoms with van der Waals surface area (Å²) in [5.74, 6) is 0. The van der Waals surface area contributed by atoms with E-state index in [2.05, 4.69) is 37.5 Å². The Kier molecular flexibility index (Phi) is 38.5. The fourth-order valence-electron chi connectivity index (χ4n) is 4.40. The van der Waals surface area contributed by atoms with Crippen LogP contribution >= 0.6 is 0 Å². The molecule has 0 amide bonds. The normalized spacial score (nSPS) is 12.5. The molecular weight excluding hydrogens is 721 g/mol. The SMILES string of the molecule is CCN(CC)CC[Si](O)(O)O.CCN(CC)C[Si](O)(O)O.CCN(CC)C[Si](OC)(OC)OC.CCO[Si](CN(CC)CC)(OCC)OCC. The van der Waals surface area contributed by atoms with Gasteiger partial charge in [-0.05, 0) is 73.1 Å². The van der Waals surface area contributed by atoms with Crippen molar-refractivity contribution >= 4 is 35.2 Å². The van der Waals surface area contributed by atoms with Gasteiger partial charge in [-0.1, -0.05) is 55.4 Å². The zero-order valence-corrected chi connectivity index (χ0v) is 38.2. The molecule has 0 aromatic heterocycles.